The van der Waals surface area contributed by atoms with Crippen LogP contribution in [0.15, 0.2) is 158 Å². The number of carbonyl (C=O) groups excluding carboxylic acids is 4. The van der Waals surface area contributed by atoms with E-state index in [1.807, 2.05) is 97.1 Å². The lowest BCUT2D eigenvalue weighted by molar-refractivity contribution is -0.126. The van der Waals surface area contributed by atoms with Gasteiger partial charge in [-0.05, 0) is 87.0 Å². The van der Waals surface area contributed by atoms with Crippen molar-refractivity contribution < 1.29 is 47.6 Å². The highest BCUT2D eigenvalue weighted by Crippen LogP contribution is 2.53. The summed E-state index contributed by atoms with van der Waals surface area (Å²) in [4.78, 5) is 57.5. The van der Waals surface area contributed by atoms with E-state index < -0.39 is 36.1 Å². The standard InChI is InChI=1S/C61H58N4O10/c1-70-52-30-29-38(56-55(37-18-6-5-7-19-37)59(67)65(56)39-33-53(71-2)57(73-4)54(34-39)72-3)32-51(52)63-58(66)50(64-61(69)75-36-49-46-26-14-10-22-42(46)43-23-11-15-27-47(43)49)28-16-17-31-62-60(68)74-35-48-44-24-12-8-20-40(44)41-21-9-13-25-45(41)48/h5-15,18-27,29-30,32-34,48-50,55-56H,16-17,28,31,35-36H2,1-4H3,(H,62,68)(H,63,66)(H,64,69)/t50-,55-,56-/m0/s1. The number of ether oxygens (including phenoxy) is 6. The van der Waals surface area contributed by atoms with Crippen LogP contribution in [0.1, 0.15) is 76.4 Å². The number of alkyl carbamates (subject to hydrolysis) is 2. The Hall–Kier alpha value is -8.78. The molecule has 3 atom stereocenters. The maximum absolute atomic E-state index is 14.6. The molecule has 1 saturated heterocycles. The second kappa shape index (κ2) is 22.1. The van der Waals surface area contributed by atoms with Crippen molar-refractivity contribution in [1.29, 1.82) is 0 Å². The smallest absolute Gasteiger partial charge is 0.407 e. The first-order chi connectivity index (χ1) is 36.7. The zero-order valence-corrected chi connectivity index (χ0v) is 42.2. The summed E-state index contributed by atoms with van der Waals surface area (Å²) in [6, 6.07) is 49.2. The van der Waals surface area contributed by atoms with Crippen molar-refractivity contribution in [2.24, 2.45) is 0 Å². The summed E-state index contributed by atoms with van der Waals surface area (Å²) in [5.74, 6) is -0.00347. The van der Waals surface area contributed by atoms with E-state index in [-0.39, 0.29) is 43.9 Å². The van der Waals surface area contributed by atoms with Gasteiger partial charge in [-0.3, -0.25) is 9.59 Å². The fraction of sp³-hybridized carbons (Fsp3) is 0.246. The van der Waals surface area contributed by atoms with Gasteiger partial charge in [0, 0.05) is 30.5 Å². The number of methoxy groups -OCH3 is 4. The molecule has 0 saturated carbocycles. The van der Waals surface area contributed by atoms with E-state index in [4.69, 9.17) is 28.4 Å². The molecule has 14 heteroatoms. The SMILES string of the molecule is COc1ccc([C@H]2[C@H](c3ccccc3)C(=O)N2c2cc(OC)c(OC)c(OC)c2)cc1NC(=O)[C@H](CCCCNC(=O)OCC1c2ccccc2-c2ccccc21)NC(=O)OCC1c2ccccc2-c2ccccc21. The van der Waals surface area contributed by atoms with Gasteiger partial charge in [-0.1, -0.05) is 133 Å². The quantitative estimate of drug-likeness (QED) is 0.0525. The van der Waals surface area contributed by atoms with E-state index in [2.05, 4.69) is 52.3 Å². The maximum Gasteiger partial charge on any atom is 0.407 e. The third-order valence-electron chi connectivity index (χ3n) is 14.5. The van der Waals surface area contributed by atoms with Crippen LogP contribution >= 0.6 is 0 Å². The van der Waals surface area contributed by atoms with Crippen molar-refractivity contribution in [2.75, 3.05) is 58.4 Å². The van der Waals surface area contributed by atoms with E-state index in [1.54, 1.807) is 29.2 Å². The van der Waals surface area contributed by atoms with Crippen molar-refractivity contribution in [3.8, 4) is 45.3 Å². The Morgan fingerprint density at radius 3 is 1.57 bits per heavy atom. The van der Waals surface area contributed by atoms with Crippen LogP contribution < -0.4 is 39.8 Å². The van der Waals surface area contributed by atoms with Crippen LogP contribution in [-0.4, -0.2) is 78.2 Å². The fourth-order valence-electron chi connectivity index (χ4n) is 10.9. The average molecular weight is 1010 g/mol. The van der Waals surface area contributed by atoms with Crippen LogP contribution in [0.25, 0.3) is 22.3 Å². The van der Waals surface area contributed by atoms with Gasteiger partial charge in [0.25, 0.3) is 0 Å². The number of hydrogen-bond donors (Lipinski definition) is 3. The Labute approximate surface area is 435 Å². The lowest BCUT2D eigenvalue weighted by Crippen LogP contribution is -2.53. The van der Waals surface area contributed by atoms with Gasteiger partial charge in [0.05, 0.1) is 51.8 Å². The van der Waals surface area contributed by atoms with Gasteiger partial charge in [0.1, 0.15) is 25.0 Å². The first-order valence-corrected chi connectivity index (χ1v) is 25.1. The molecule has 3 aliphatic rings. The average Bonchev–Trinajstić information content (AvgIpc) is 3.96. The van der Waals surface area contributed by atoms with Gasteiger partial charge >= 0.3 is 12.2 Å². The fourth-order valence-corrected chi connectivity index (χ4v) is 10.9. The molecule has 3 N–H and O–H groups in total. The molecule has 7 aromatic carbocycles. The molecule has 382 valence electrons. The van der Waals surface area contributed by atoms with Crippen LogP contribution in [0.2, 0.25) is 0 Å². The van der Waals surface area contributed by atoms with Gasteiger partial charge in [-0.15, -0.1) is 0 Å². The van der Waals surface area contributed by atoms with Crippen LogP contribution in [0.4, 0.5) is 21.0 Å². The molecule has 1 heterocycles. The van der Waals surface area contributed by atoms with Crippen LogP contribution in [0.5, 0.6) is 23.0 Å². The van der Waals surface area contributed by atoms with Gasteiger partial charge in [0.2, 0.25) is 17.6 Å². The third kappa shape index (κ3) is 9.91. The Morgan fingerprint density at radius 2 is 1.05 bits per heavy atom. The lowest BCUT2D eigenvalue weighted by Gasteiger charge is -2.48. The Morgan fingerprint density at radius 1 is 0.547 bits per heavy atom. The van der Waals surface area contributed by atoms with Gasteiger partial charge in [-0.25, -0.2) is 9.59 Å². The van der Waals surface area contributed by atoms with E-state index in [9.17, 15) is 19.2 Å². The molecule has 0 spiro atoms. The van der Waals surface area contributed by atoms with Crippen molar-refractivity contribution in [3.63, 3.8) is 0 Å². The predicted molar refractivity (Wildman–Crippen MR) is 286 cm³/mol. The van der Waals surface area contributed by atoms with Crippen molar-refractivity contribution in [1.82, 2.24) is 10.6 Å². The first-order valence-electron chi connectivity index (χ1n) is 25.1. The summed E-state index contributed by atoms with van der Waals surface area (Å²) in [6.07, 6.45) is -0.176. The largest absolute Gasteiger partial charge is 0.495 e. The van der Waals surface area contributed by atoms with Crippen molar-refractivity contribution >= 4 is 35.4 Å². The number of fused-ring (bicyclic) bond motifs is 6. The molecule has 10 rings (SSSR count). The highest BCUT2D eigenvalue weighted by molar-refractivity contribution is 6.07. The molecule has 1 aliphatic heterocycles. The van der Waals surface area contributed by atoms with Crippen molar-refractivity contribution in [2.45, 2.75) is 49.1 Å². The molecule has 2 aliphatic carbocycles. The molecular weight excluding hydrogens is 949 g/mol. The summed E-state index contributed by atoms with van der Waals surface area (Å²) >= 11 is 0. The number of nitrogens with zero attached hydrogens (tertiary/aromatic N) is 1. The summed E-state index contributed by atoms with van der Waals surface area (Å²) in [5, 5.41) is 8.76. The Kier molecular flexibility index (Phi) is 14.7. The molecule has 75 heavy (non-hydrogen) atoms. The van der Waals surface area contributed by atoms with Crippen LogP contribution in [0.3, 0.4) is 0 Å². The molecule has 0 bridgehead atoms. The second-order valence-corrected chi connectivity index (χ2v) is 18.6. The van der Waals surface area contributed by atoms with Crippen molar-refractivity contribution in [3.05, 3.63) is 191 Å². The number of unbranched alkanes of at least 4 members (excludes halogenated alkanes) is 1. The van der Waals surface area contributed by atoms with E-state index in [0.717, 1.165) is 50.1 Å². The molecule has 0 unspecified atom stereocenters. The topological polar surface area (TPSA) is 163 Å². The number of hydrogen-bond acceptors (Lipinski definition) is 10. The van der Waals surface area contributed by atoms with Gasteiger partial charge in [0.15, 0.2) is 11.5 Å². The number of amides is 4. The van der Waals surface area contributed by atoms with E-state index in [0.29, 0.717) is 52.8 Å². The molecule has 7 aromatic rings. The Balaban J connectivity index is 0.859. The normalized spacial score (nSPS) is 15.5. The zero-order chi connectivity index (χ0) is 52.0. The number of β-lactam (4-membered cyclic amide) rings is 1. The minimum Gasteiger partial charge on any atom is -0.495 e. The maximum atomic E-state index is 14.6. The molecule has 0 aromatic heterocycles. The number of nitrogens with one attached hydrogen (secondary N) is 3. The zero-order valence-electron chi connectivity index (χ0n) is 42.2. The number of benzene rings is 7. The highest BCUT2D eigenvalue weighted by atomic mass is 16.6. The summed E-state index contributed by atoms with van der Waals surface area (Å²) in [5.41, 5.74) is 11.2. The van der Waals surface area contributed by atoms with Gasteiger partial charge < -0.3 is 49.3 Å². The van der Waals surface area contributed by atoms with E-state index in [1.165, 1.54) is 28.4 Å². The monoisotopic (exact) mass is 1010 g/mol. The Bertz CT molecular complexity index is 3140. The first kappa shape index (κ1) is 49.8. The molecule has 4 amide bonds. The third-order valence-corrected chi connectivity index (χ3v) is 14.5. The molecule has 14 nitrogen and oxygen atoms in total. The predicted octanol–water partition coefficient (Wildman–Crippen LogP) is 11.1. The summed E-state index contributed by atoms with van der Waals surface area (Å²) in [6.45, 7) is 0.514. The minimum atomic E-state index is -1.07. The molecule has 0 radical (unpaired) electrons. The lowest BCUT2D eigenvalue weighted by atomic mass is 9.77. The summed E-state index contributed by atoms with van der Waals surface area (Å²) < 4.78 is 34.4. The van der Waals surface area contributed by atoms with Gasteiger partial charge in [-0.2, -0.15) is 0 Å². The molecule has 1 fully saturated rings. The molecular formula is C61H58N4O10. The number of rotatable bonds is 19. The summed E-state index contributed by atoms with van der Waals surface area (Å²) in [7, 11) is 6.05. The second-order valence-electron chi connectivity index (χ2n) is 18.6. The van der Waals surface area contributed by atoms with Crippen LogP contribution in [0, 0.1) is 0 Å². The van der Waals surface area contributed by atoms with E-state index >= 15 is 0 Å². The highest BCUT2D eigenvalue weighted by Gasteiger charge is 2.50. The van der Waals surface area contributed by atoms with Crippen LogP contribution in [-0.2, 0) is 19.1 Å². The minimum absolute atomic E-state index is 0.0548. The number of anilines is 2. The number of carbonyl (C=O) groups is 4.